The largest absolute Gasteiger partial charge is 0.497 e. The van der Waals surface area contributed by atoms with Crippen molar-refractivity contribution in [2.45, 2.75) is 12.6 Å². The molecule has 0 saturated heterocycles. The van der Waals surface area contributed by atoms with E-state index in [2.05, 4.69) is 21.0 Å². The molecule has 0 aliphatic rings. The number of rotatable bonds is 8. The van der Waals surface area contributed by atoms with Crippen molar-refractivity contribution < 1.29 is 14.3 Å². The quantitative estimate of drug-likeness (QED) is 0.620. The molecule has 0 radical (unpaired) electrons. The van der Waals surface area contributed by atoms with Gasteiger partial charge < -0.3 is 20.7 Å². The summed E-state index contributed by atoms with van der Waals surface area (Å²) in [5.74, 6) is 0.219. The van der Waals surface area contributed by atoms with Crippen molar-refractivity contribution in [2.75, 3.05) is 20.7 Å². The summed E-state index contributed by atoms with van der Waals surface area (Å²) in [7, 11) is 5.06. The second kappa shape index (κ2) is 10.4. The van der Waals surface area contributed by atoms with Crippen molar-refractivity contribution in [2.24, 2.45) is 7.05 Å². The molecule has 0 aliphatic heterocycles. The minimum absolute atomic E-state index is 0. The zero-order valence-electron chi connectivity index (χ0n) is 15.0. The van der Waals surface area contributed by atoms with Crippen LogP contribution in [0.1, 0.15) is 17.2 Å². The van der Waals surface area contributed by atoms with Crippen molar-refractivity contribution in [1.82, 2.24) is 25.7 Å². The van der Waals surface area contributed by atoms with Crippen LogP contribution in [-0.2, 0) is 23.2 Å². The Morgan fingerprint density at radius 3 is 2.46 bits per heavy atom. The Labute approximate surface area is 158 Å². The van der Waals surface area contributed by atoms with Crippen molar-refractivity contribution in [3.63, 3.8) is 0 Å². The van der Waals surface area contributed by atoms with Gasteiger partial charge in [-0.25, -0.2) is 0 Å². The van der Waals surface area contributed by atoms with Gasteiger partial charge in [0.25, 0.3) is 0 Å². The van der Waals surface area contributed by atoms with Crippen LogP contribution >= 0.6 is 12.4 Å². The standard InChI is InChI=1S/C17H23N5O3.ClH/c1-18-16(13-9-21-22(2)11-13)17(24)20-10-15(23)19-8-12-4-6-14(25-3)7-5-12;/h4-7,9,11,16,18H,8,10H2,1-3H3,(H,19,23)(H,20,24);1H. The summed E-state index contributed by atoms with van der Waals surface area (Å²) in [6, 6.07) is 6.85. The van der Waals surface area contributed by atoms with Gasteiger partial charge in [-0.3, -0.25) is 14.3 Å². The van der Waals surface area contributed by atoms with Crippen LogP contribution in [0.3, 0.4) is 0 Å². The molecule has 0 fully saturated rings. The summed E-state index contributed by atoms with van der Waals surface area (Å²) >= 11 is 0. The highest BCUT2D eigenvalue weighted by Crippen LogP contribution is 2.11. The summed E-state index contributed by atoms with van der Waals surface area (Å²) in [5, 5.41) is 12.3. The van der Waals surface area contributed by atoms with Gasteiger partial charge in [-0.1, -0.05) is 12.1 Å². The highest BCUT2D eigenvalue weighted by molar-refractivity contribution is 5.88. The van der Waals surface area contributed by atoms with Gasteiger partial charge in [-0.05, 0) is 24.7 Å². The maximum Gasteiger partial charge on any atom is 0.242 e. The van der Waals surface area contributed by atoms with Gasteiger partial charge in [0.2, 0.25) is 11.8 Å². The minimum atomic E-state index is -0.553. The van der Waals surface area contributed by atoms with Gasteiger partial charge in [-0.15, -0.1) is 12.4 Å². The summed E-state index contributed by atoms with van der Waals surface area (Å²) in [6.07, 6.45) is 3.37. The van der Waals surface area contributed by atoms with E-state index in [0.717, 1.165) is 16.9 Å². The van der Waals surface area contributed by atoms with Crippen LogP contribution in [0.15, 0.2) is 36.7 Å². The second-order valence-corrected chi connectivity index (χ2v) is 5.51. The molecule has 1 aromatic heterocycles. The van der Waals surface area contributed by atoms with E-state index in [1.54, 1.807) is 38.3 Å². The number of aromatic nitrogens is 2. The van der Waals surface area contributed by atoms with Crippen molar-refractivity contribution >= 4 is 24.2 Å². The van der Waals surface area contributed by atoms with Crippen molar-refractivity contribution in [1.29, 1.82) is 0 Å². The fraction of sp³-hybridized carbons (Fsp3) is 0.353. The van der Waals surface area contributed by atoms with Crippen LogP contribution in [0.25, 0.3) is 0 Å². The lowest BCUT2D eigenvalue weighted by Crippen LogP contribution is -2.41. The molecule has 3 N–H and O–H groups in total. The van der Waals surface area contributed by atoms with Gasteiger partial charge >= 0.3 is 0 Å². The number of hydrogen-bond donors (Lipinski definition) is 3. The van der Waals surface area contributed by atoms with Crippen LogP contribution in [0, 0.1) is 0 Å². The molecular formula is C17H24ClN5O3. The number of nitrogens with zero attached hydrogens (tertiary/aromatic N) is 2. The van der Waals surface area contributed by atoms with E-state index in [9.17, 15) is 9.59 Å². The second-order valence-electron chi connectivity index (χ2n) is 5.51. The van der Waals surface area contributed by atoms with Crippen LogP contribution in [-0.4, -0.2) is 42.3 Å². The first kappa shape index (κ1) is 21.5. The van der Waals surface area contributed by atoms with E-state index in [0.29, 0.717) is 6.54 Å². The van der Waals surface area contributed by atoms with Gasteiger partial charge in [0.15, 0.2) is 0 Å². The zero-order valence-corrected chi connectivity index (χ0v) is 15.8. The predicted molar refractivity (Wildman–Crippen MR) is 100 cm³/mol. The van der Waals surface area contributed by atoms with E-state index in [4.69, 9.17) is 4.74 Å². The molecule has 2 rings (SSSR count). The highest BCUT2D eigenvalue weighted by atomic mass is 35.5. The van der Waals surface area contributed by atoms with Crippen molar-refractivity contribution in [3.05, 3.63) is 47.8 Å². The molecule has 142 valence electrons. The number of amides is 2. The third-order valence-electron chi connectivity index (χ3n) is 3.68. The average molecular weight is 382 g/mol. The third-order valence-corrected chi connectivity index (χ3v) is 3.68. The Morgan fingerprint density at radius 2 is 1.92 bits per heavy atom. The number of benzene rings is 1. The first-order chi connectivity index (χ1) is 12.0. The molecule has 0 aliphatic carbocycles. The topological polar surface area (TPSA) is 97.3 Å². The number of aryl methyl sites for hydroxylation is 1. The SMILES string of the molecule is CNC(C(=O)NCC(=O)NCc1ccc(OC)cc1)c1cnn(C)c1.Cl. The minimum Gasteiger partial charge on any atom is -0.497 e. The summed E-state index contributed by atoms with van der Waals surface area (Å²) in [6.45, 7) is 0.296. The molecule has 1 heterocycles. The van der Waals surface area contributed by atoms with E-state index in [1.807, 2.05) is 24.3 Å². The zero-order chi connectivity index (χ0) is 18.2. The fourth-order valence-corrected chi connectivity index (χ4v) is 2.31. The number of likely N-dealkylation sites (N-methyl/N-ethyl adjacent to an activating group) is 1. The Bertz CT molecular complexity index is 717. The van der Waals surface area contributed by atoms with Crippen LogP contribution in [0.5, 0.6) is 5.75 Å². The lowest BCUT2D eigenvalue weighted by atomic mass is 10.1. The van der Waals surface area contributed by atoms with Crippen LogP contribution < -0.4 is 20.7 Å². The average Bonchev–Trinajstić information content (AvgIpc) is 3.05. The van der Waals surface area contributed by atoms with E-state index in [1.165, 1.54) is 0 Å². The molecule has 0 spiro atoms. The van der Waals surface area contributed by atoms with Crippen LogP contribution in [0.4, 0.5) is 0 Å². The molecule has 1 atom stereocenters. The van der Waals surface area contributed by atoms with Gasteiger partial charge in [0.05, 0.1) is 19.9 Å². The van der Waals surface area contributed by atoms with Gasteiger partial charge in [0, 0.05) is 25.4 Å². The maximum atomic E-state index is 12.2. The number of carbonyl (C=O) groups is 2. The van der Waals surface area contributed by atoms with Crippen LogP contribution in [0.2, 0.25) is 0 Å². The van der Waals surface area contributed by atoms with Gasteiger partial charge in [-0.2, -0.15) is 5.10 Å². The summed E-state index contributed by atoms with van der Waals surface area (Å²) in [4.78, 5) is 24.1. The first-order valence-corrected chi connectivity index (χ1v) is 7.86. The predicted octanol–water partition coefficient (Wildman–Crippen LogP) is 0.544. The molecule has 0 saturated carbocycles. The lowest BCUT2D eigenvalue weighted by molar-refractivity contribution is -0.127. The molecule has 26 heavy (non-hydrogen) atoms. The van der Waals surface area contributed by atoms with Crippen molar-refractivity contribution in [3.8, 4) is 5.75 Å². The Kier molecular flexibility index (Phi) is 8.60. The number of ether oxygens (including phenoxy) is 1. The molecule has 1 unspecified atom stereocenters. The summed E-state index contributed by atoms with van der Waals surface area (Å²) in [5.41, 5.74) is 1.69. The molecule has 9 heteroatoms. The number of methoxy groups -OCH3 is 1. The Hall–Kier alpha value is -2.58. The smallest absolute Gasteiger partial charge is 0.242 e. The molecule has 1 aromatic carbocycles. The first-order valence-electron chi connectivity index (χ1n) is 7.86. The summed E-state index contributed by atoms with van der Waals surface area (Å²) < 4.78 is 6.70. The molecule has 2 aromatic rings. The normalized spacial score (nSPS) is 11.2. The van der Waals surface area contributed by atoms with Gasteiger partial charge in [0.1, 0.15) is 11.8 Å². The Balaban J connectivity index is 0.00000338. The molecule has 0 bridgehead atoms. The Morgan fingerprint density at radius 1 is 1.23 bits per heavy atom. The number of carbonyl (C=O) groups excluding carboxylic acids is 2. The lowest BCUT2D eigenvalue weighted by Gasteiger charge is -2.14. The molecular weight excluding hydrogens is 358 g/mol. The molecule has 2 amide bonds. The third kappa shape index (κ3) is 6.05. The number of hydrogen-bond acceptors (Lipinski definition) is 5. The van der Waals surface area contributed by atoms with E-state index < -0.39 is 6.04 Å². The monoisotopic (exact) mass is 381 g/mol. The number of halogens is 1. The maximum absolute atomic E-state index is 12.2. The molecule has 8 nitrogen and oxygen atoms in total. The van der Waals surface area contributed by atoms with E-state index in [-0.39, 0.29) is 30.8 Å². The number of nitrogens with one attached hydrogen (secondary N) is 3. The highest BCUT2D eigenvalue weighted by Gasteiger charge is 2.20. The fourth-order valence-electron chi connectivity index (χ4n) is 2.31. The van der Waals surface area contributed by atoms with E-state index >= 15 is 0 Å².